The maximum absolute atomic E-state index is 13.5. The lowest BCUT2D eigenvalue weighted by atomic mass is 10.1. The molecule has 206 valence electrons. The summed E-state index contributed by atoms with van der Waals surface area (Å²) in [6.45, 7) is 8.65. The van der Waals surface area contributed by atoms with Gasteiger partial charge in [0, 0.05) is 16.7 Å². The van der Waals surface area contributed by atoms with Gasteiger partial charge in [0.05, 0.1) is 42.8 Å². The highest BCUT2D eigenvalue weighted by Crippen LogP contribution is 2.39. The number of fused-ring (bicyclic) bond motifs is 1. The number of carbonyl (C=O) groups excluding carboxylic acids is 1. The minimum Gasteiger partial charge on any atom is -0.490 e. The van der Waals surface area contributed by atoms with E-state index in [0.29, 0.717) is 76.0 Å². The van der Waals surface area contributed by atoms with Crippen molar-refractivity contribution in [3.8, 4) is 28.8 Å². The van der Waals surface area contributed by atoms with E-state index in [1.54, 1.807) is 45.9 Å². The van der Waals surface area contributed by atoms with Gasteiger partial charge in [0.2, 0.25) is 5.75 Å². The molecule has 0 radical (unpaired) electrons. The van der Waals surface area contributed by atoms with Gasteiger partial charge in [-0.2, -0.15) is 14.9 Å². The molecule has 2 aromatic carbocycles. The zero-order chi connectivity index (χ0) is 28.2. The maximum Gasteiger partial charge on any atom is 0.257 e. The van der Waals surface area contributed by atoms with Gasteiger partial charge < -0.3 is 19.5 Å². The summed E-state index contributed by atoms with van der Waals surface area (Å²) in [5, 5.41) is 13.3. The Morgan fingerprint density at radius 3 is 2.25 bits per heavy atom. The second-order valence-corrected chi connectivity index (χ2v) is 9.04. The van der Waals surface area contributed by atoms with Crippen molar-refractivity contribution in [3.63, 3.8) is 0 Å². The number of ether oxygens (including phenoxy) is 3. The molecule has 0 unspecified atom stereocenters. The molecule has 0 saturated carbocycles. The van der Waals surface area contributed by atoms with Crippen LogP contribution in [0.25, 0.3) is 22.5 Å². The van der Waals surface area contributed by atoms with Crippen LogP contribution < -0.4 is 19.5 Å². The van der Waals surface area contributed by atoms with Gasteiger partial charge in [0.25, 0.3) is 5.91 Å². The summed E-state index contributed by atoms with van der Waals surface area (Å²) in [5.41, 5.74) is 2.39. The maximum atomic E-state index is 13.5. The zero-order valence-corrected chi connectivity index (χ0v) is 23.3. The summed E-state index contributed by atoms with van der Waals surface area (Å²) < 4.78 is 20.6. The molecule has 12 heteroatoms. The molecule has 1 amide bonds. The molecule has 0 saturated heterocycles. The van der Waals surface area contributed by atoms with Gasteiger partial charge in [0.1, 0.15) is 12.1 Å². The van der Waals surface area contributed by atoms with Crippen molar-refractivity contribution in [2.45, 2.75) is 27.7 Å². The molecular weight excluding hydrogens is 534 g/mol. The van der Waals surface area contributed by atoms with Crippen LogP contribution in [0.5, 0.6) is 17.2 Å². The van der Waals surface area contributed by atoms with Crippen LogP contribution in [0.1, 0.15) is 36.8 Å². The smallest absolute Gasteiger partial charge is 0.257 e. The number of hydrogen-bond donors (Lipinski definition) is 1. The molecule has 0 aliphatic carbocycles. The van der Waals surface area contributed by atoms with E-state index in [0.717, 1.165) is 5.69 Å². The number of nitrogens with one attached hydrogen (secondary N) is 1. The van der Waals surface area contributed by atoms with E-state index >= 15 is 0 Å². The quantitative estimate of drug-likeness (QED) is 0.240. The molecule has 5 aromatic rings. The number of amides is 1. The summed E-state index contributed by atoms with van der Waals surface area (Å²) in [6.07, 6.45) is 3.10. The van der Waals surface area contributed by atoms with E-state index < -0.39 is 0 Å². The van der Waals surface area contributed by atoms with Gasteiger partial charge in [-0.05, 0) is 64.1 Å². The number of halogens is 1. The van der Waals surface area contributed by atoms with Crippen LogP contribution >= 0.6 is 11.6 Å². The molecule has 0 aliphatic rings. The Hall–Kier alpha value is -4.64. The molecule has 5 rings (SSSR count). The summed E-state index contributed by atoms with van der Waals surface area (Å²) in [6, 6.07) is 12.3. The normalized spacial score (nSPS) is 11.0. The van der Waals surface area contributed by atoms with E-state index in [2.05, 4.69) is 25.5 Å². The number of anilines is 1. The first-order valence-corrected chi connectivity index (χ1v) is 13.2. The fourth-order valence-corrected chi connectivity index (χ4v) is 4.36. The zero-order valence-electron chi connectivity index (χ0n) is 22.5. The van der Waals surface area contributed by atoms with Crippen LogP contribution in [0.4, 0.5) is 5.82 Å². The van der Waals surface area contributed by atoms with Gasteiger partial charge in [-0.3, -0.25) is 4.79 Å². The Morgan fingerprint density at radius 1 is 0.925 bits per heavy atom. The third-order valence-corrected chi connectivity index (χ3v) is 6.11. The topological polar surface area (TPSA) is 118 Å². The Balaban J connectivity index is 1.52. The predicted octanol–water partition coefficient (Wildman–Crippen LogP) is 5.41. The Bertz CT molecular complexity index is 1640. The average molecular weight is 562 g/mol. The molecule has 0 fully saturated rings. The van der Waals surface area contributed by atoms with Gasteiger partial charge in [-0.25, -0.2) is 14.6 Å². The standard InChI is InChI=1S/C28H28ClN7O4/c1-5-38-22-13-18(14-23(39-6-2)25(22)40-7-3)28(37)33-24-12-17(4)34-36(24)27-21-15-32-35(26(21)30-16-31-27)20-10-8-19(29)9-11-20/h8-16H,5-7H2,1-4H3,(H,33,37). The minimum absolute atomic E-state index is 0.337. The van der Waals surface area contributed by atoms with Crippen molar-refractivity contribution >= 4 is 34.4 Å². The van der Waals surface area contributed by atoms with Crippen molar-refractivity contribution in [1.82, 2.24) is 29.5 Å². The van der Waals surface area contributed by atoms with Crippen molar-refractivity contribution in [1.29, 1.82) is 0 Å². The Kier molecular flexibility index (Phi) is 7.83. The van der Waals surface area contributed by atoms with Crippen molar-refractivity contribution in [3.05, 3.63) is 71.3 Å². The second kappa shape index (κ2) is 11.6. The highest BCUT2D eigenvalue weighted by Gasteiger charge is 2.21. The summed E-state index contributed by atoms with van der Waals surface area (Å²) in [5.74, 6) is 1.82. The SMILES string of the molecule is CCOc1cc(C(=O)Nc2cc(C)nn2-c2ncnc3c2cnn3-c2ccc(Cl)cc2)cc(OCC)c1OCC. The number of aryl methyl sites for hydroxylation is 1. The van der Waals surface area contributed by atoms with Crippen LogP contribution in [0.2, 0.25) is 5.02 Å². The lowest BCUT2D eigenvalue weighted by Crippen LogP contribution is -2.16. The number of hydrogen-bond acceptors (Lipinski definition) is 8. The molecule has 0 aliphatic heterocycles. The minimum atomic E-state index is -0.381. The highest BCUT2D eigenvalue weighted by molar-refractivity contribution is 6.30. The number of benzene rings is 2. The molecule has 0 bridgehead atoms. The van der Waals surface area contributed by atoms with Gasteiger partial charge >= 0.3 is 0 Å². The first-order valence-electron chi connectivity index (χ1n) is 12.8. The molecule has 11 nitrogen and oxygen atoms in total. The van der Waals surface area contributed by atoms with E-state index in [4.69, 9.17) is 25.8 Å². The third-order valence-electron chi connectivity index (χ3n) is 5.86. The highest BCUT2D eigenvalue weighted by atomic mass is 35.5. The summed E-state index contributed by atoms with van der Waals surface area (Å²) >= 11 is 6.05. The number of rotatable bonds is 10. The van der Waals surface area contributed by atoms with Crippen LogP contribution in [0.3, 0.4) is 0 Å². The number of nitrogens with zero attached hydrogens (tertiary/aromatic N) is 6. The van der Waals surface area contributed by atoms with Crippen LogP contribution in [-0.4, -0.2) is 55.3 Å². The molecule has 3 aromatic heterocycles. The number of carbonyl (C=O) groups is 1. The van der Waals surface area contributed by atoms with Gasteiger partial charge in [-0.1, -0.05) is 11.6 Å². The van der Waals surface area contributed by atoms with Gasteiger partial charge in [-0.15, -0.1) is 0 Å². The lowest BCUT2D eigenvalue weighted by molar-refractivity contribution is 0.102. The van der Waals surface area contributed by atoms with E-state index in [1.165, 1.54) is 6.33 Å². The second-order valence-electron chi connectivity index (χ2n) is 8.60. The van der Waals surface area contributed by atoms with Crippen LogP contribution in [0.15, 0.2) is 55.0 Å². The van der Waals surface area contributed by atoms with Crippen molar-refractivity contribution in [2.75, 3.05) is 25.1 Å². The van der Waals surface area contributed by atoms with E-state index in [-0.39, 0.29) is 5.91 Å². The van der Waals surface area contributed by atoms with Crippen molar-refractivity contribution < 1.29 is 19.0 Å². The third kappa shape index (κ3) is 5.28. The Morgan fingerprint density at radius 2 is 1.60 bits per heavy atom. The fourth-order valence-electron chi connectivity index (χ4n) is 4.23. The van der Waals surface area contributed by atoms with Crippen LogP contribution in [0, 0.1) is 6.92 Å². The summed E-state index contributed by atoms with van der Waals surface area (Å²) in [4.78, 5) is 22.4. The summed E-state index contributed by atoms with van der Waals surface area (Å²) in [7, 11) is 0. The molecular formula is C28H28ClN7O4. The average Bonchev–Trinajstić information content (AvgIpc) is 3.54. The van der Waals surface area contributed by atoms with Crippen LogP contribution in [-0.2, 0) is 0 Å². The molecule has 0 atom stereocenters. The predicted molar refractivity (Wildman–Crippen MR) is 151 cm³/mol. The monoisotopic (exact) mass is 561 g/mol. The molecule has 1 N–H and O–H groups in total. The van der Waals surface area contributed by atoms with E-state index in [1.807, 2.05) is 39.8 Å². The first-order chi connectivity index (χ1) is 19.4. The number of aromatic nitrogens is 6. The largest absolute Gasteiger partial charge is 0.490 e. The molecule has 40 heavy (non-hydrogen) atoms. The van der Waals surface area contributed by atoms with Crippen molar-refractivity contribution in [2.24, 2.45) is 0 Å². The molecule has 0 spiro atoms. The fraction of sp³-hybridized carbons (Fsp3) is 0.250. The molecule has 3 heterocycles. The lowest BCUT2D eigenvalue weighted by Gasteiger charge is -2.17. The first kappa shape index (κ1) is 26.9. The van der Waals surface area contributed by atoms with E-state index in [9.17, 15) is 4.79 Å². The van der Waals surface area contributed by atoms with Gasteiger partial charge in [0.15, 0.2) is 23.0 Å². The Labute approximate surface area is 235 Å².